The number of benzene rings is 3. The first-order valence-corrected chi connectivity index (χ1v) is 36.5. The molecule has 0 bridgehead atoms. The first-order chi connectivity index (χ1) is 50.8. The molecule has 0 radical (unpaired) electrons. The number of hydrogen-bond acceptors (Lipinski definition) is 20. The highest BCUT2D eigenvalue weighted by atomic mass is 35.5. The number of unbranched alkanes of at least 4 members (excludes halogenated alkanes) is 1. The van der Waals surface area contributed by atoms with Crippen LogP contribution in [0.5, 0.6) is 5.75 Å². The number of likely N-dealkylation sites (N-methyl/N-ethyl adjacent to an activating group) is 2. The summed E-state index contributed by atoms with van der Waals surface area (Å²) in [5.74, 6) is -7.78. The number of phenolic OH excluding ortho intramolecular Hbond substituents is 1. The first-order valence-electron chi connectivity index (χ1n) is 36.1. The molecule has 580 valence electrons. The highest BCUT2D eigenvalue weighted by Crippen LogP contribution is 2.24. The number of likely N-dealkylation sites (tertiary alicyclic amines) is 1. The van der Waals surface area contributed by atoms with E-state index in [0.717, 1.165) is 9.80 Å². The number of aliphatic hydroxyl groups is 1. The lowest BCUT2D eigenvalue weighted by molar-refractivity contribution is -0.144. The van der Waals surface area contributed by atoms with E-state index in [4.69, 9.17) is 17.3 Å². The number of halogens is 1. The average Bonchev–Trinajstić information content (AvgIpc) is 1.15. The molecule has 9 atom stereocenters. The highest BCUT2D eigenvalue weighted by Gasteiger charge is 2.41. The summed E-state index contributed by atoms with van der Waals surface area (Å²) in [4.78, 5) is 178. The Morgan fingerprint density at radius 1 is 0.636 bits per heavy atom. The summed E-state index contributed by atoms with van der Waals surface area (Å²) in [5.41, 5.74) is 7.95. The number of nitrogens with two attached hydrogens (primary N) is 1. The number of rotatable bonds is 41. The SMILES string of the molecule is CCNc1nc(NC(C)C)nc(-c2ccc(C[C@H](NC(=O)[C@H](Cc3ccc(O)cc3)N(C)C(=O)[C@H](CO)NC(=O)[C@H](Cc3cccnc3)NC(=O)[C@H](Cc3ccc(Cl)cc3)NC(=O)CN(C)C(C)=O)C(=O)N[C@@H](CC(C)C)C(=O)N[C@@H](CCCCNC(C)C)C(=O)N3CCC[C@H]3C(=O)N[C@@H](C)C(N)=O)cc2)n1. The Morgan fingerprint density at radius 2 is 1.19 bits per heavy atom. The van der Waals surface area contributed by atoms with Gasteiger partial charge in [-0.1, -0.05) is 93.9 Å². The van der Waals surface area contributed by atoms with Crippen LogP contribution in [-0.2, 0) is 78.4 Å². The fourth-order valence-corrected chi connectivity index (χ4v) is 11.9. The summed E-state index contributed by atoms with van der Waals surface area (Å²) in [6.07, 6.45) is 4.10. The highest BCUT2D eigenvalue weighted by molar-refractivity contribution is 6.30. The van der Waals surface area contributed by atoms with Crippen molar-refractivity contribution in [2.24, 2.45) is 11.7 Å². The van der Waals surface area contributed by atoms with Gasteiger partial charge in [0.2, 0.25) is 76.9 Å². The summed E-state index contributed by atoms with van der Waals surface area (Å²) in [5, 5.41) is 50.7. The Bertz CT molecular complexity index is 3820. The van der Waals surface area contributed by atoms with Crippen LogP contribution in [0.2, 0.25) is 5.02 Å². The average molecular weight is 1500 g/mol. The van der Waals surface area contributed by atoms with E-state index in [-0.39, 0.29) is 75.2 Å². The van der Waals surface area contributed by atoms with Gasteiger partial charge in [0.05, 0.1) is 13.2 Å². The van der Waals surface area contributed by atoms with Gasteiger partial charge in [-0.2, -0.15) is 15.0 Å². The number of anilines is 2. The minimum atomic E-state index is -1.81. The van der Waals surface area contributed by atoms with Crippen molar-refractivity contribution in [3.8, 4) is 17.1 Å². The molecule has 11 amide bonds. The third kappa shape index (κ3) is 27.5. The Labute approximate surface area is 629 Å². The molecule has 32 heteroatoms. The standard InChI is InChI=1S/C75H105ClN18O13/c1-12-79-74-89-65(90-75(91-74)81-45(6)7)52-26-20-48(21-27-52)37-58(68(102)85-56(35-43(2)3)66(100)84-55(18-13-14-33-80-44(4)5)73(107)94-34-16-19-61(94)70(104)82-46(8)64(77)99)87-71(105)62(39-50-24-30-54(97)31-25-50)93(11)72(106)60(42-95)88-69(103)59(38-51-17-15-32-78-40-51)86-67(101)57(36-49-22-28-53(76)29-23-49)83-63(98)41-92(10)47(9)96/h15,17,20-32,40,43-46,55-62,80,95,97H,12-14,16,18-19,33-39,41-42H2,1-11H3,(H2,77,99)(H,82,104)(H,83,98)(H,84,100)(H,85,102)(H,86,101)(H,87,105)(H,88,103)(H2,79,81,89,90,91)/t46-,55-,56-,57-,58-,59-,60-,61-,62-/m0/s1. The molecule has 0 saturated carbocycles. The zero-order chi connectivity index (χ0) is 78.6. The van der Waals surface area contributed by atoms with E-state index in [9.17, 15) is 43.8 Å². The molecule has 5 aromatic rings. The van der Waals surface area contributed by atoms with Gasteiger partial charge in [0, 0.05) is 94.9 Å². The van der Waals surface area contributed by atoms with Crippen LogP contribution in [0.15, 0.2) is 97.3 Å². The van der Waals surface area contributed by atoms with E-state index < -0.39 is 133 Å². The molecule has 0 unspecified atom stereocenters. The fraction of sp³-hybridized carbons (Fsp3) is 0.507. The monoisotopic (exact) mass is 1500 g/mol. The topological polar surface area (TPSA) is 436 Å². The number of primary amides is 1. The number of aromatic nitrogens is 4. The van der Waals surface area contributed by atoms with Gasteiger partial charge < -0.3 is 83.8 Å². The molecule has 14 N–H and O–H groups in total. The number of amides is 11. The molecule has 2 aromatic heterocycles. The smallest absolute Gasteiger partial charge is 0.247 e. The predicted molar refractivity (Wildman–Crippen MR) is 403 cm³/mol. The summed E-state index contributed by atoms with van der Waals surface area (Å²) in [7, 11) is 2.66. The van der Waals surface area contributed by atoms with E-state index in [1.807, 2.05) is 48.5 Å². The molecule has 1 fully saturated rings. The van der Waals surface area contributed by atoms with Crippen molar-refractivity contribution in [1.29, 1.82) is 0 Å². The summed E-state index contributed by atoms with van der Waals surface area (Å²) in [6, 6.07) is 10.2. The van der Waals surface area contributed by atoms with Crippen LogP contribution in [-0.4, -0.2) is 223 Å². The van der Waals surface area contributed by atoms with E-state index >= 15 is 19.2 Å². The number of hydrogen-bond donors (Lipinski definition) is 13. The van der Waals surface area contributed by atoms with Crippen LogP contribution < -0.4 is 58.9 Å². The maximum Gasteiger partial charge on any atom is 0.247 e. The first kappa shape index (κ1) is 85.5. The number of aromatic hydroxyl groups is 1. The minimum Gasteiger partial charge on any atom is -0.508 e. The summed E-state index contributed by atoms with van der Waals surface area (Å²) < 4.78 is 0. The molecule has 0 aliphatic carbocycles. The Balaban J connectivity index is 1.36. The largest absolute Gasteiger partial charge is 0.508 e. The van der Waals surface area contributed by atoms with Crippen molar-refractivity contribution in [1.82, 2.24) is 77.2 Å². The quantitative estimate of drug-likeness (QED) is 0.0250. The van der Waals surface area contributed by atoms with E-state index in [1.54, 1.807) is 60.7 Å². The van der Waals surface area contributed by atoms with Crippen molar-refractivity contribution < 1.29 is 63.0 Å². The number of nitrogens with zero attached hydrogens (tertiary/aromatic N) is 7. The molecule has 1 saturated heterocycles. The zero-order valence-corrected chi connectivity index (χ0v) is 63.5. The van der Waals surface area contributed by atoms with E-state index in [2.05, 4.69) is 73.1 Å². The van der Waals surface area contributed by atoms with Crippen LogP contribution >= 0.6 is 11.6 Å². The van der Waals surface area contributed by atoms with Gasteiger partial charge in [-0.3, -0.25) is 57.7 Å². The molecule has 3 aromatic carbocycles. The molecule has 6 rings (SSSR count). The van der Waals surface area contributed by atoms with Crippen molar-refractivity contribution >= 4 is 88.5 Å². The molecular weight excluding hydrogens is 1400 g/mol. The maximum atomic E-state index is 15.5. The summed E-state index contributed by atoms with van der Waals surface area (Å²) in [6.45, 7) is 16.0. The third-order valence-corrected chi connectivity index (χ3v) is 18.0. The Kier molecular flexibility index (Phi) is 33.6. The number of carbonyl (C=O) groups excluding carboxylic acids is 11. The molecule has 0 spiro atoms. The second-order valence-electron chi connectivity index (χ2n) is 27.8. The minimum absolute atomic E-state index is 0.0247. The lowest BCUT2D eigenvalue weighted by Crippen LogP contribution is -2.62. The van der Waals surface area contributed by atoms with Gasteiger partial charge in [-0.15, -0.1) is 0 Å². The second kappa shape index (κ2) is 42.1. The molecule has 107 heavy (non-hydrogen) atoms. The maximum absolute atomic E-state index is 15.5. The van der Waals surface area contributed by atoms with E-state index in [0.29, 0.717) is 82.9 Å². The zero-order valence-electron chi connectivity index (χ0n) is 62.7. The van der Waals surface area contributed by atoms with Crippen LogP contribution in [0.25, 0.3) is 11.4 Å². The molecule has 3 heterocycles. The van der Waals surface area contributed by atoms with Crippen molar-refractivity contribution in [3.05, 3.63) is 125 Å². The fourth-order valence-electron chi connectivity index (χ4n) is 11.8. The van der Waals surface area contributed by atoms with Crippen LogP contribution in [0.3, 0.4) is 0 Å². The van der Waals surface area contributed by atoms with E-state index in [1.165, 1.54) is 69.5 Å². The Hall–Kier alpha value is -10.4. The normalized spacial score (nSPS) is 14.9. The van der Waals surface area contributed by atoms with Crippen molar-refractivity contribution in [3.63, 3.8) is 0 Å². The molecule has 1 aliphatic rings. The summed E-state index contributed by atoms with van der Waals surface area (Å²) >= 11 is 6.18. The van der Waals surface area contributed by atoms with Gasteiger partial charge in [-0.05, 0) is 131 Å². The van der Waals surface area contributed by atoms with Gasteiger partial charge in [0.1, 0.15) is 60.1 Å². The second-order valence-corrected chi connectivity index (χ2v) is 28.2. The van der Waals surface area contributed by atoms with Gasteiger partial charge >= 0.3 is 0 Å². The van der Waals surface area contributed by atoms with Crippen LogP contribution in [0.1, 0.15) is 123 Å². The van der Waals surface area contributed by atoms with Gasteiger partial charge in [0.25, 0.3) is 0 Å². The third-order valence-electron chi connectivity index (χ3n) is 17.7. The number of aliphatic hydroxyl groups excluding tert-OH is 1. The Morgan fingerprint density at radius 3 is 1.76 bits per heavy atom. The lowest BCUT2D eigenvalue weighted by atomic mass is 9.98. The predicted octanol–water partition coefficient (Wildman–Crippen LogP) is 2.22. The molecule has 1 aliphatic heterocycles. The molecular formula is C75H105ClN18O13. The number of carbonyl (C=O) groups is 11. The van der Waals surface area contributed by atoms with Crippen molar-refractivity contribution in [2.45, 2.75) is 193 Å². The van der Waals surface area contributed by atoms with Crippen molar-refractivity contribution in [2.75, 3.05) is 57.5 Å². The van der Waals surface area contributed by atoms with Crippen LogP contribution in [0.4, 0.5) is 11.9 Å². The number of nitrogens with one attached hydrogen (secondary N) is 10. The van der Waals surface area contributed by atoms with Gasteiger partial charge in [0.15, 0.2) is 5.82 Å². The lowest BCUT2D eigenvalue weighted by Gasteiger charge is -2.33. The number of phenols is 1. The number of pyridine rings is 1. The van der Waals surface area contributed by atoms with Gasteiger partial charge in [-0.25, -0.2) is 0 Å². The van der Waals surface area contributed by atoms with Crippen LogP contribution in [0, 0.1) is 5.92 Å². The molecule has 31 nitrogen and oxygen atoms in total.